The Morgan fingerprint density at radius 1 is 0.296 bits per heavy atom. The first-order chi connectivity index (χ1) is 47.6. The van der Waals surface area contributed by atoms with Gasteiger partial charge in [-0.2, -0.15) is 0 Å². The van der Waals surface area contributed by atoms with Crippen molar-refractivity contribution in [2.45, 2.75) is 103 Å². The van der Waals surface area contributed by atoms with Crippen LogP contribution in [0.4, 0.5) is 34.1 Å². The Hall–Kier alpha value is -10.8. The predicted octanol–water partition coefficient (Wildman–Crippen LogP) is 22.4. The van der Waals surface area contributed by atoms with Gasteiger partial charge in [-0.1, -0.05) is 274 Å². The van der Waals surface area contributed by atoms with Crippen molar-refractivity contribution < 1.29 is 0 Å². The maximum absolute atomic E-state index is 5.21. The zero-order valence-electron chi connectivity index (χ0n) is 57.2. The maximum atomic E-state index is 5.21. The summed E-state index contributed by atoms with van der Waals surface area (Å²) in [7, 11) is 0. The van der Waals surface area contributed by atoms with Crippen LogP contribution in [0.3, 0.4) is 0 Å². The van der Waals surface area contributed by atoms with Crippen molar-refractivity contribution in [1.29, 1.82) is 0 Å². The maximum Gasteiger partial charge on any atom is 0.252 e. The standard InChI is InChI=1S/C92H78BN5/c1-89(2)45-47-91(5,6)76-49-63(37-41-74(76)89)65-39-43-78-82(51-65)97(87-70(59-25-13-9-14-26-59)55-94-56-71(87)60-27-15-10-16-28-60)84-53-67(96-80-35-23-21-33-68(80)69-34-22-24-36-81(69)96)54-85-86(84)93(78)79-44-40-66(64-38-42-75-77(50-64)92(7,8)48-46-90(75,3)4)52-83(79)98(85)88-72(61-29-17-11-18-30-61)57-95-58-73(88)62-31-19-12-20-32-62/h9-44,49-58H,45-48H2,1-8H3. The lowest BCUT2D eigenvalue weighted by Gasteiger charge is -2.46. The molecule has 5 heterocycles. The van der Waals surface area contributed by atoms with Crippen LogP contribution in [-0.2, 0) is 21.7 Å². The second-order valence-electron chi connectivity index (χ2n) is 30.6. The summed E-state index contributed by atoms with van der Waals surface area (Å²) in [6.07, 6.45) is 13.0. The average molecular weight is 1260 g/mol. The molecule has 2 aliphatic heterocycles. The van der Waals surface area contributed by atoms with Crippen molar-refractivity contribution in [3.05, 3.63) is 302 Å². The molecule has 0 saturated heterocycles. The Bertz CT molecular complexity index is 5080. The van der Waals surface area contributed by atoms with Gasteiger partial charge in [-0.15, -0.1) is 0 Å². The van der Waals surface area contributed by atoms with E-state index in [0.29, 0.717) is 0 Å². The smallest absolute Gasteiger partial charge is 0.252 e. The van der Waals surface area contributed by atoms with Crippen molar-refractivity contribution in [3.8, 4) is 72.4 Å². The van der Waals surface area contributed by atoms with Crippen LogP contribution < -0.4 is 26.2 Å². The molecule has 4 aliphatic rings. The van der Waals surface area contributed by atoms with Crippen LogP contribution in [0.2, 0.25) is 0 Å². The molecule has 0 atom stereocenters. The second-order valence-corrected chi connectivity index (χ2v) is 30.6. The molecule has 0 spiro atoms. The quantitative estimate of drug-likeness (QED) is 0.135. The van der Waals surface area contributed by atoms with Crippen LogP contribution in [0.15, 0.2) is 280 Å². The monoisotopic (exact) mass is 1260 g/mol. The molecule has 0 bridgehead atoms. The van der Waals surface area contributed by atoms with E-state index in [-0.39, 0.29) is 28.4 Å². The minimum absolute atomic E-state index is 0.0177. The average Bonchev–Trinajstić information content (AvgIpc) is 0.725. The highest BCUT2D eigenvalue weighted by Gasteiger charge is 2.47. The third kappa shape index (κ3) is 9.42. The van der Waals surface area contributed by atoms with E-state index < -0.39 is 0 Å². The number of rotatable bonds is 9. The molecular weight excluding hydrogens is 1190 g/mol. The number of aromatic nitrogens is 3. The molecule has 18 rings (SSSR count). The van der Waals surface area contributed by atoms with E-state index >= 15 is 0 Å². The molecule has 0 amide bonds. The molecule has 5 nitrogen and oxygen atoms in total. The summed E-state index contributed by atoms with van der Waals surface area (Å²) < 4.78 is 2.53. The summed E-state index contributed by atoms with van der Waals surface area (Å²) in [6.45, 7) is 19.3. The first-order valence-corrected chi connectivity index (χ1v) is 35.1. The van der Waals surface area contributed by atoms with E-state index in [1.54, 1.807) is 0 Å². The van der Waals surface area contributed by atoms with E-state index in [2.05, 4.69) is 349 Å². The summed E-state index contributed by atoms with van der Waals surface area (Å²) in [5.41, 5.74) is 32.9. The summed E-state index contributed by atoms with van der Waals surface area (Å²) in [5, 5.41) is 2.41. The van der Waals surface area contributed by atoms with Crippen LogP contribution in [0.5, 0.6) is 0 Å². The van der Waals surface area contributed by atoms with Crippen molar-refractivity contribution in [2.75, 3.05) is 9.80 Å². The molecule has 14 aromatic rings. The highest BCUT2D eigenvalue weighted by Crippen LogP contribution is 2.56. The summed E-state index contributed by atoms with van der Waals surface area (Å²) >= 11 is 0. The number of benzene rings is 11. The number of fused-ring (bicyclic) bond motifs is 9. The third-order valence-electron chi connectivity index (χ3n) is 22.9. The lowest BCUT2D eigenvalue weighted by molar-refractivity contribution is 0.332. The van der Waals surface area contributed by atoms with Crippen LogP contribution in [-0.4, -0.2) is 21.2 Å². The first kappa shape index (κ1) is 59.7. The number of hydrogen-bond donors (Lipinski definition) is 0. The van der Waals surface area contributed by atoms with Gasteiger partial charge in [-0.05, 0) is 167 Å². The Balaban J connectivity index is 1.02. The van der Waals surface area contributed by atoms with Gasteiger partial charge in [0.05, 0.1) is 28.1 Å². The molecule has 0 radical (unpaired) electrons. The minimum Gasteiger partial charge on any atom is -0.310 e. The second kappa shape index (κ2) is 22.4. The zero-order valence-corrected chi connectivity index (χ0v) is 57.2. The lowest BCUT2D eigenvalue weighted by atomic mass is 9.33. The number of pyridine rings is 2. The molecule has 0 saturated carbocycles. The van der Waals surface area contributed by atoms with E-state index in [9.17, 15) is 0 Å². The van der Waals surface area contributed by atoms with E-state index in [0.717, 1.165) is 121 Å². The molecular formula is C92H78BN5. The zero-order chi connectivity index (χ0) is 66.4. The van der Waals surface area contributed by atoms with Gasteiger partial charge in [-0.3, -0.25) is 9.97 Å². The third-order valence-corrected chi connectivity index (χ3v) is 22.9. The Morgan fingerprint density at radius 3 is 0.980 bits per heavy atom. The number of nitrogens with zero attached hydrogens (tertiary/aromatic N) is 5. The SMILES string of the molecule is CC1(C)CCC(C)(C)c2cc(-c3ccc4c(c3)N(c3c(-c5ccccc5)cncc3-c3ccccc3)c3cc(-n5c6ccccc6c6ccccc65)cc5c3B4c3ccc(-c4ccc6c(c4)C(C)(C)CCC6(C)C)cc3N5c3c(-c4ccccc4)cncc3-c3ccccc3)ccc21. The first-order valence-electron chi connectivity index (χ1n) is 35.1. The van der Waals surface area contributed by atoms with Gasteiger partial charge in [0.15, 0.2) is 0 Å². The molecule has 0 fully saturated rings. The molecule has 6 heteroatoms. The number of anilines is 6. The van der Waals surface area contributed by atoms with Crippen LogP contribution in [0.1, 0.15) is 103 Å². The van der Waals surface area contributed by atoms with Crippen LogP contribution in [0, 0.1) is 0 Å². The minimum atomic E-state index is -0.233. The molecule has 0 unspecified atom stereocenters. The van der Waals surface area contributed by atoms with Gasteiger partial charge in [0, 0.05) is 80.6 Å². The largest absolute Gasteiger partial charge is 0.310 e. The van der Waals surface area contributed by atoms with Gasteiger partial charge >= 0.3 is 0 Å². The van der Waals surface area contributed by atoms with Crippen molar-refractivity contribution >= 4 is 79.0 Å². The van der Waals surface area contributed by atoms with Crippen molar-refractivity contribution in [2.24, 2.45) is 0 Å². The molecule has 474 valence electrons. The van der Waals surface area contributed by atoms with Crippen molar-refractivity contribution in [1.82, 2.24) is 14.5 Å². The Kier molecular flexibility index (Phi) is 13.6. The summed E-state index contributed by atoms with van der Waals surface area (Å²) in [5.74, 6) is 0. The molecule has 98 heavy (non-hydrogen) atoms. The Labute approximate surface area is 576 Å². The fourth-order valence-corrected chi connectivity index (χ4v) is 17.4. The number of para-hydroxylation sites is 2. The molecule has 11 aromatic carbocycles. The predicted molar refractivity (Wildman–Crippen MR) is 414 cm³/mol. The van der Waals surface area contributed by atoms with Gasteiger partial charge in [0.1, 0.15) is 0 Å². The van der Waals surface area contributed by atoms with E-state index in [1.165, 1.54) is 71.7 Å². The van der Waals surface area contributed by atoms with Gasteiger partial charge in [0.2, 0.25) is 0 Å². The molecule has 2 aliphatic carbocycles. The molecule has 3 aromatic heterocycles. The normalized spacial score (nSPS) is 15.9. The highest BCUT2D eigenvalue weighted by molar-refractivity contribution is 7.00. The Morgan fingerprint density at radius 2 is 0.612 bits per heavy atom. The van der Waals surface area contributed by atoms with Gasteiger partial charge in [-0.25, -0.2) is 0 Å². The summed E-state index contributed by atoms with van der Waals surface area (Å²) in [6, 6.07) is 96.5. The van der Waals surface area contributed by atoms with E-state index in [1.807, 2.05) is 0 Å². The topological polar surface area (TPSA) is 37.2 Å². The van der Waals surface area contributed by atoms with Gasteiger partial charge < -0.3 is 14.4 Å². The highest BCUT2D eigenvalue weighted by atomic mass is 15.2. The molecule has 0 N–H and O–H groups in total. The van der Waals surface area contributed by atoms with Crippen LogP contribution in [0.25, 0.3) is 94.3 Å². The van der Waals surface area contributed by atoms with Crippen LogP contribution >= 0.6 is 0 Å². The van der Waals surface area contributed by atoms with E-state index in [4.69, 9.17) is 9.97 Å². The number of hydrogen-bond acceptors (Lipinski definition) is 4. The fraction of sp³-hybridized carbons (Fsp3) is 0.174. The van der Waals surface area contributed by atoms with Crippen molar-refractivity contribution in [3.63, 3.8) is 0 Å². The van der Waals surface area contributed by atoms with Gasteiger partial charge in [0.25, 0.3) is 6.71 Å². The fourth-order valence-electron chi connectivity index (χ4n) is 17.4. The lowest BCUT2D eigenvalue weighted by Crippen LogP contribution is -2.61. The summed E-state index contributed by atoms with van der Waals surface area (Å²) in [4.78, 5) is 15.7.